The number of hydrogen-bond acceptors (Lipinski definition) is 6. The van der Waals surface area contributed by atoms with Gasteiger partial charge in [0.2, 0.25) is 0 Å². The molecule has 4 aromatic rings. The van der Waals surface area contributed by atoms with Crippen LogP contribution in [0.3, 0.4) is 0 Å². The molecule has 0 fully saturated rings. The number of aromatic amines is 1. The summed E-state index contributed by atoms with van der Waals surface area (Å²) in [6, 6.07) is 14.4. The molecule has 2 heterocycles. The first kappa shape index (κ1) is 19.5. The van der Waals surface area contributed by atoms with Crippen molar-refractivity contribution < 1.29 is 4.74 Å². The molecule has 7 nitrogen and oxygen atoms in total. The van der Waals surface area contributed by atoms with Crippen LogP contribution in [0.2, 0.25) is 5.02 Å². The second-order valence-corrected chi connectivity index (χ2v) is 8.17. The molecule has 0 bridgehead atoms. The summed E-state index contributed by atoms with van der Waals surface area (Å²) >= 11 is 7.35. The average molecular weight is 428 g/mol. The molecular formula is C20H18ClN5O2S. The Bertz CT molecular complexity index is 1210. The molecule has 0 aliphatic carbocycles. The standard InChI is InChI=1S/C20H18ClN5O2S/c1-12(18-22-16-6-4-3-5-15(16)19(27)23-18)29-20-25-24-17(26(20)2)11-28-14-9-7-13(21)8-10-14/h3-10,12H,11H2,1-2H3,(H,22,23,27). The van der Waals surface area contributed by atoms with Gasteiger partial charge in [-0.05, 0) is 43.3 Å². The van der Waals surface area contributed by atoms with E-state index in [2.05, 4.69) is 20.2 Å². The monoisotopic (exact) mass is 427 g/mol. The third-order valence-electron chi connectivity index (χ3n) is 4.41. The maximum absolute atomic E-state index is 12.3. The summed E-state index contributed by atoms with van der Waals surface area (Å²) in [5.74, 6) is 1.99. The van der Waals surface area contributed by atoms with Crippen molar-refractivity contribution in [2.45, 2.75) is 23.9 Å². The van der Waals surface area contributed by atoms with Gasteiger partial charge in [0.1, 0.15) is 18.2 Å². The van der Waals surface area contributed by atoms with Gasteiger partial charge in [-0.25, -0.2) is 4.98 Å². The number of fused-ring (bicyclic) bond motifs is 1. The summed E-state index contributed by atoms with van der Waals surface area (Å²) < 4.78 is 7.61. The van der Waals surface area contributed by atoms with Gasteiger partial charge in [0.25, 0.3) is 5.56 Å². The fourth-order valence-corrected chi connectivity index (χ4v) is 3.78. The number of para-hydroxylation sites is 1. The van der Waals surface area contributed by atoms with Crippen LogP contribution in [0.4, 0.5) is 0 Å². The van der Waals surface area contributed by atoms with Crippen LogP contribution in [0, 0.1) is 0 Å². The van der Waals surface area contributed by atoms with E-state index in [1.165, 1.54) is 11.8 Å². The van der Waals surface area contributed by atoms with Gasteiger partial charge in [-0.3, -0.25) is 4.79 Å². The van der Waals surface area contributed by atoms with E-state index in [0.29, 0.717) is 38.5 Å². The van der Waals surface area contributed by atoms with Gasteiger partial charge >= 0.3 is 0 Å². The normalized spacial score (nSPS) is 12.2. The molecule has 2 aromatic carbocycles. The van der Waals surface area contributed by atoms with E-state index in [4.69, 9.17) is 16.3 Å². The first-order valence-corrected chi connectivity index (χ1v) is 10.2. The lowest BCUT2D eigenvalue weighted by molar-refractivity contribution is 0.290. The highest BCUT2D eigenvalue weighted by molar-refractivity contribution is 7.99. The summed E-state index contributed by atoms with van der Waals surface area (Å²) in [6.07, 6.45) is 0. The Hall–Kier alpha value is -2.84. The summed E-state index contributed by atoms with van der Waals surface area (Å²) in [4.78, 5) is 19.8. The van der Waals surface area contributed by atoms with Gasteiger partial charge in [0, 0.05) is 12.1 Å². The van der Waals surface area contributed by atoms with Gasteiger partial charge in [-0.15, -0.1) is 10.2 Å². The molecule has 0 saturated carbocycles. The minimum absolute atomic E-state index is 0.111. The number of nitrogens with one attached hydrogen (secondary N) is 1. The topological polar surface area (TPSA) is 85.7 Å². The SMILES string of the molecule is CC(Sc1nnc(COc2ccc(Cl)cc2)n1C)c1nc2ccccc2c(=O)[nH]1. The lowest BCUT2D eigenvalue weighted by atomic mass is 10.2. The fourth-order valence-electron chi connectivity index (χ4n) is 2.76. The number of nitrogens with zero attached hydrogens (tertiary/aromatic N) is 4. The van der Waals surface area contributed by atoms with Gasteiger partial charge in [-0.1, -0.05) is 35.5 Å². The molecule has 0 saturated heterocycles. The van der Waals surface area contributed by atoms with E-state index in [1.54, 1.807) is 30.3 Å². The van der Waals surface area contributed by atoms with Crippen molar-refractivity contribution in [1.29, 1.82) is 0 Å². The van der Waals surface area contributed by atoms with E-state index < -0.39 is 0 Å². The van der Waals surface area contributed by atoms with Crippen molar-refractivity contribution in [3.8, 4) is 5.75 Å². The van der Waals surface area contributed by atoms with Gasteiger partial charge in [-0.2, -0.15) is 0 Å². The highest BCUT2D eigenvalue weighted by atomic mass is 35.5. The van der Waals surface area contributed by atoms with Crippen LogP contribution in [-0.2, 0) is 13.7 Å². The summed E-state index contributed by atoms with van der Waals surface area (Å²) in [5.41, 5.74) is 0.529. The van der Waals surface area contributed by atoms with Gasteiger partial charge in [0.15, 0.2) is 11.0 Å². The molecule has 0 amide bonds. The number of ether oxygens (including phenoxy) is 1. The Morgan fingerprint density at radius 1 is 1.17 bits per heavy atom. The van der Waals surface area contributed by atoms with Crippen molar-refractivity contribution in [1.82, 2.24) is 24.7 Å². The predicted octanol–water partition coefficient (Wildman–Crippen LogP) is 4.14. The summed E-state index contributed by atoms with van der Waals surface area (Å²) in [6.45, 7) is 2.25. The van der Waals surface area contributed by atoms with Crippen LogP contribution in [0.5, 0.6) is 5.75 Å². The molecule has 1 atom stereocenters. The molecule has 29 heavy (non-hydrogen) atoms. The molecule has 4 rings (SSSR count). The quantitative estimate of drug-likeness (QED) is 0.465. The molecule has 2 aromatic heterocycles. The van der Waals surface area contributed by atoms with E-state index >= 15 is 0 Å². The lowest BCUT2D eigenvalue weighted by Crippen LogP contribution is -2.13. The number of hydrogen-bond donors (Lipinski definition) is 1. The van der Waals surface area contributed by atoms with Crippen molar-refractivity contribution in [2.75, 3.05) is 0 Å². The Morgan fingerprint density at radius 3 is 2.72 bits per heavy atom. The molecule has 1 N–H and O–H groups in total. The maximum atomic E-state index is 12.3. The highest BCUT2D eigenvalue weighted by Crippen LogP contribution is 2.32. The number of halogens is 1. The van der Waals surface area contributed by atoms with Crippen LogP contribution >= 0.6 is 23.4 Å². The minimum atomic E-state index is -0.145. The Morgan fingerprint density at radius 2 is 1.93 bits per heavy atom. The zero-order valence-corrected chi connectivity index (χ0v) is 17.4. The average Bonchev–Trinajstić information content (AvgIpc) is 3.07. The fraction of sp³-hybridized carbons (Fsp3) is 0.200. The van der Waals surface area contributed by atoms with Crippen LogP contribution in [-0.4, -0.2) is 24.7 Å². The molecule has 0 aliphatic rings. The van der Waals surface area contributed by atoms with E-state index in [1.807, 2.05) is 36.7 Å². The van der Waals surface area contributed by atoms with E-state index in [9.17, 15) is 4.79 Å². The summed E-state index contributed by atoms with van der Waals surface area (Å²) in [7, 11) is 1.88. The Balaban J connectivity index is 1.48. The molecule has 9 heteroatoms. The summed E-state index contributed by atoms with van der Waals surface area (Å²) in [5, 5.41) is 10.3. The van der Waals surface area contributed by atoms with Crippen molar-refractivity contribution >= 4 is 34.3 Å². The number of benzene rings is 2. The first-order valence-electron chi connectivity index (χ1n) is 8.93. The number of thioether (sulfide) groups is 1. The predicted molar refractivity (Wildman–Crippen MR) is 113 cm³/mol. The largest absolute Gasteiger partial charge is 0.486 e. The Labute approximate surface area is 176 Å². The molecular weight excluding hydrogens is 410 g/mol. The second-order valence-electron chi connectivity index (χ2n) is 6.43. The smallest absolute Gasteiger partial charge is 0.258 e. The minimum Gasteiger partial charge on any atom is -0.486 e. The zero-order valence-electron chi connectivity index (χ0n) is 15.8. The highest BCUT2D eigenvalue weighted by Gasteiger charge is 2.17. The maximum Gasteiger partial charge on any atom is 0.258 e. The Kier molecular flexibility index (Phi) is 5.55. The molecule has 0 spiro atoms. The van der Waals surface area contributed by atoms with Gasteiger partial charge in [0.05, 0.1) is 16.2 Å². The van der Waals surface area contributed by atoms with E-state index in [0.717, 1.165) is 0 Å². The van der Waals surface area contributed by atoms with Crippen LogP contribution in [0.15, 0.2) is 58.5 Å². The van der Waals surface area contributed by atoms with Crippen molar-refractivity contribution in [2.24, 2.45) is 7.05 Å². The number of H-pyrrole nitrogens is 1. The van der Waals surface area contributed by atoms with E-state index in [-0.39, 0.29) is 17.4 Å². The molecule has 0 radical (unpaired) electrons. The van der Waals surface area contributed by atoms with Crippen LogP contribution in [0.25, 0.3) is 10.9 Å². The third-order valence-corrected chi connectivity index (χ3v) is 5.80. The third kappa shape index (κ3) is 4.28. The first-order chi connectivity index (χ1) is 14.0. The zero-order chi connectivity index (χ0) is 20.4. The molecule has 1 unspecified atom stereocenters. The van der Waals surface area contributed by atoms with Crippen LogP contribution in [0.1, 0.15) is 23.8 Å². The number of aromatic nitrogens is 5. The van der Waals surface area contributed by atoms with Crippen molar-refractivity contribution in [3.63, 3.8) is 0 Å². The molecule has 0 aliphatic heterocycles. The number of rotatable bonds is 6. The molecule has 148 valence electrons. The van der Waals surface area contributed by atoms with Crippen LogP contribution < -0.4 is 10.3 Å². The van der Waals surface area contributed by atoms with Crippen molar-refractivity contribution in [3.05, 3.63) is 75.6 Å². The van der Waals surface area contributed by atoms with Gasteiger partial charge < -0.3 is 14.3 Å². The second kappa shape index (κ2) is 8.26. The lowest BCUT2D eigenvalue weighted by Gasteiger charge is -2.11.